The molecule has 0 saturated carbocycles. The van der Waals surface area contributed by atoms with Gasteiger partial charge in [-0.25, -0.2) is 9.59 Å². The maximum atomic E-state index is 11.5. The highest BCUT2D eigenvalue weighted by atomic mass is 16.5. The van der Waals surface area contributed by atoms with Crippen LogP contribution in [0.4, 0.5) is 0 Å². The zero-order valence-electron chi connectivity index (χ0n) is 15.1. The van der Waals surface area contributed by atoms with E-state index in [1.807, 2.05) is 12.1 Å². The van der Waals surface area contributed by atoms with Crippen LogP contribution >= 0.6 is 0 Å². The maximum Gasteiger partial charge on any atom is 0.336 e. The van der Waals surface area contributed by atoms with Crippen molar-refractivity contribution in [2.45, 2.75) is 46.0 Å². The second-order valence-electron chi connectivity index (χ2n) is 6.25. The van der Waals surface area contributed by atoms with Crippen LogP contribution in [0, 0.1) is 13.8 Å². The number of furan rings is 1. The van der Waals surface area contributed by atoms with Crippen LogP contribution in [0.1, 0.15) is 63.3 Å². The van der Waals surface area contributed by atoms with Crippen molar-refractivity contribution in [2.24, 2.45) is 0 Å². The first-order valence-electron chi connectivity index (χ1n) is 8.67. The van der Waals surface area contributed by atoms with Gasteiger partial charge >= 0.3 is 11.9 Å². The molecule has 2 aromatic rings. The summed E-state index contributed by atoms with van der Waals surface area (Å²) in [7, 11) is 0. The largest absolute Gasteiger partial charge is 0.493 e. The first-order valence-corrected chi connectivity index (χ1v) is 8.67. The van der Waals surface area contributed by atoms with Crippen LogP contribution < -0.4 is 4.74 Å². The third kappa shape index (κ3) is 4.88. The standard InChI is InChI=1S/C20H24O6/c1-13-16(19(21)22)12-17(14(2)18(13)20(23)24)26-10-6-4-3-5-8-15-9-7-11-25-15/h7,9,11-12H,3-6,8,10H2,1-2H3,(H,21,22)(H,23,24). The Labute approximate surface area is 152 Å². The van der Waals surface area contributed by atoms with Crippen molar-refractivity contribution in [1.29, 1.82) is 0 Å². The summed E-state index contributed by atoms with van der Waals surface area (Å²) in [6.07, 6.45) is 6.44. The molecule has 0 spiro atoms. The van der Waals surface area contributed by atoms with E-state index in [1.165, 1.54) is 13.0 Å². The zero-order valence-corrected chi connectivity index (χ0v) is 15.1. The number of aryl methyl sites for hydroxylation is 1. The fourth-order valence-corrected chi connectivity index (χ4v) is 2.97. The average Bonchev–Trinajstić information content (AvgIpc) is 3.08. The van der Waals surface area contributed by atoms with Gasteiger partial charge < -0.3 is 19.4 Å². The molecule has 1 aromatic heterocycles. The molecule has 0 bridgehead atoms. The number of benzene rings is 1. The number of carboxylic acid groups (broad SMARTS) is 2. The van der Waals surface area contributed by atoms with Crippen LogP contribution in [0.15, 0.2) is 28.9 Å². The van der Waals surface area contributed by atoms with Crippen molar-refractivity contribution in [3.8, 4) is 5.75 Å². The highest BCUT2D eigenvalue weighted by Crippen LogP contribution is 2.28. The maximum absolute atomic E-state index is 11.5. The Morgan fingerprint density at radius 3 is 2.38 bits per heavy atom. The van der Waals surface area contributed by atoms with Gasteiger partial charge in [-0.15, -0.1) is 0 Å². The lowest BCUT2D eigenvalue weighted by Crippen LogP contribution is -2.12. The number of carbonyl (C=O) groups is 2. The molecule has 6 nitrogen and oxygen atoms in total. The number of rotatable bonds is 10. The van der Waals surface area contributed by atoms with E-state index < -0.39 is 11.9 Å². The second kappa shape index (κ2) is 9.08. The highest BCUT2D eigenvalue weighted by molar-refractivity contribution is 5.98. The third-order valence-corrected chi connectivity index (χ3v) is 4.40. The smallest absolute Gasteiger partial charge is 0.336 e. The monoisotopic (exact) mass is 360 g/mol. The SMILES string of the molecule is Cc1c(OCCCCCCc2ccco2)cc(C(=O)O)c(C)c1C(=O)O. The van der Waals surface area contributed by atoms with Crippen molar-refractivity contribution in [3.05, 3.63) is 52.5 Å². The molecule has 0 atom stereocenters. The zero-order chi connectivity index (χ0) is 19.1. The molecule has 0 radical (unpaired) electrons. The molecule has 26 heavy (non-hydrogen) atoms. The van der Waals surface area contributed by atoms with E-state index in [0.29, 0.717) is 17.9 Å². The molecule has 0 saturated heterocycles. The molecule has 0 fully saturated rings. The van der Waals surface area contributed by atoms with E-state index in [2.05, 4.69) is 0 Å². The van der Waals surface area contributed by atoms with Gasteiger partial charge in [0, 0.05) is 12.0 Å². The molecule has 2 N–H and O–H groups in total. The van der Waals surface area contributed by atoms with Crippen LogP contribution in [0.25, 0.3) is 0 Å². The van der Waals surface area contributed by atoms with Gasteiger partial charge in [0.1, 0.15) is 11.5 Å². The molecule has 6 heteroatoms. The number of carboxylic acids is 2. The molecule has 0 amide bonds. The first-order chi connectivity index (χ1) is 12.4. The summed E-state index contributed by atoms with van der Waals surface area (Å²) < 4.78 is 11.0. The Kier molecular flexibility index (Phi) is 6.83. The quantitative estimate of drug-likeness (QED) is 0.607. The summed E-state index contributed by atoms with van der Waals surface area (Å²) in [4.78, 5) is 22.8. The van der Waals surface area contributed by atoms with E-state index >= 15 is 0 Å². The van der Waals surface area contributed by atoms with Crippen molar-refractivity contribution < 1.29 is 29.0 Å². The van der Waals surface area contributed by atoms with Crippen molar-refractivity contribution in [1.82, 2.24) is 0 Å². The van der Waals surface area contributed by atoms with Gasteiger partial charge in [0.05, 0.1) is 24.0 Å². The van der Waals surface area contributed by atoms with Crippen molar-refractivity contribution in [3.63, 3.8) is 0 Å². The molecular formula is C20H24O6. The third-order valence-electron chi connectivity index (χ3n) is 4.40. The van der Waals surface area contributed by atoms with Gasteiger partial charge in [-0.1, -0.05) is 12.8 Å². The topological polar surface area (TPSA) is 97.0 Å². The van der Waals surface area contributed by atoms with Gasteiger partial charge in [-0.05, 0) is 50.5 Å². The van der Waals surface area contributed by atoms with Gasteiger partial charge in [-0.2, -0.15) is 0 Å². The number of hydrogen-bond acceptors (Lipinski definition) is 4. The van der Waals surface area contributed by atoms with Gasteiger partial charge in [-0.3, -0.25) is 0 Å². The predicted octanol–water partition coefficient (Wildman–Crippen LogP) is 4.47. The number of aromatic carboxylic acids is 2. The average molecular weight is 360 g/mol. The molecular weight excluding hydrogens is 336 g/mol. The van der Waals surface area contributed by atoms with E-state index in [-0.39, 0.29) is 16.7 Å². The molecule has 0 aliphatic carbocycles. The lowest BCUT2D eigenvalue weighted by molar-refractivity contribution is 0.0694. The molecule has 0 unspecified atom stereocenters. The Hall–Kier alpha value is -2.76. The Morgan fingerprint density at radius 2 is 1.77 bits per heavy atom. The summed E-state index contributed by atoms with van der Waals surface area (Å²) in [5.74, 6) is -1.00. The fraction of sp³-hybridized carbons (Fsp3) is 0.400. The number of ether oxygens (including phenoxy) is 1. The minimum Gasteiger partial charge on any atom is -0.493 e. The summed E-state index contributed by atoms with van der Waals surface area (Å²) in [5, 5.41) is 18.6. The van der Waals surface area contributed by atoms with Gasteiger partial charge in [0.2, 0.25) is 0 Å². The summed E-state index contributed by atoms with van der Waals surface area (Å²) in [6, 6.07) is 5.25. The molecule has 1 aromatic carbocycles. The van der Waals surface area contributed by atoms with Crippen LogP contribution in [-0.4, -0.2) is 28.8 Å². The lowest BCUT2D eigenvalue weighted by Gasteiger charge is -2.15. The van der Waals surface area contributed by atoms with Gasteiger partial charge in [0.15, 0.2) is 0 Å². The van der Waals surface area contributed by atoms with Crippen LogP contribution in [0.2, 0.25) is 0 Å². The number of hydrogen-bond donors (Lipinski definition) is 2. The predicted molar refractivity (Wildman–Crippen MR) is 96.2 cm³/mol. The van der Waals surface area contributed by atoms with Crippen LogP contribution in [-0.2, 0) is 6.42 Å². The normalized spacial score (nSPS) is 10.7. The van der Waals surface area contributed by atoms with E-state index in [9.17, 15) is 19.8 Å². The summed E-state index contributed by atoms with van der Waals surface area (Å²) in [6.45, 7) is 3.56. The van der Waals surface area contributed by atoms with E-state index in [1.54, 1.807) is 13.2 Å². The fourth-order valence-electron chi connectivity index (χ4n) is 2.97. The first kappa shape index (κ1) is 19.6. The summed E-state index contributed by atoms with van der Waals surface area (Å²) >= 11 is 0. The van der Waals surface area contributed by atoms with E-state index in [0.717, 1.165) is 37.9 Å². The van der Waals surface area contributed by atoms with E-state index in [4.69, 9.17) is 9.15 Å². The number of unbranched alkanes of at least 4 members (excludes halogenated alkanes) is 3. The molecule has 140 valence electrons. The Balaban J connectivity index is 1.88. The van der Waals surface area contributed by atoms with Gasteiger partial charge in [0.25, 0.3) is 0 Å². The van der Waals surface area contributed by atoms with Crippen LogP contribution in [0.3, 0.4) is 0 Å². The Bertz CT molecular complexity index is 761. The molecule has 1 heterocycles. The minimum atomic E-state index is -1.16. The van der Waals surface area contributed by atoms with Crippen LogP contribution in [0.5, 0.6) is 5.75 Å². The minimum absolute atomic E-state index is 0.00153. The molecule has 0 aliphatic heterocycles. The Morgan fingerprint density at radius 1 is 1.04 bits per heavy atom. The molecule has 0 aliphatic rings. The second-order valence-corrected chi connectivity index (χ2v) is 6.25. The molecule has 2 rings (SSSR count). The lowest BCUT2D eigenvalue weighted by atomic mass is 9.96. The van der Waals surface area contributed by atoms with Crippen molar-refractivity contribution >= 4 is 11.9 Å². The summed E-state index contributed by atoms with van der Waals surface area (Å²) in [5.41, 5.74) is 0.658. The highest BCUT2D eigenvalue weighted by Gasteiger charge is 2.21. The van der Waals surface area contributed by atoms with Crippen molar-refractivity contribution in [2.75, 3.05) is 6.61 Å².